The predicted molar refractivity (Wildman–Crippen MR) is 49.7 cm³/mol. The van der Waals surface area contributed by atoms with E-state index >= 15 is 0 Å². The fourth-order valence-corrected chi connectivity index (χ4v) is 1.43. The molecule has 1 aromatic heterocycles. The van der Waals surface area contributed by atoms with Crippen LogP contribution in [0.3, 0.4) is 0 Å². The summed E-state index contributed by atoms with van der Waals surface area (Å²) in [6.07, 6.45) is 1.12. The predicted octanol–water partition coefficient (Wildman–Crippen LogP) is -0.579. The minimum absolute atomic E-state index is 0.0855. The van der Waals surface area contributed by atoms with Crippen molar-refractivity contribution in [1.29, 1.82) is 0 Å². The van der Waals surface area contributed by atoms with Gasteiger partial charge in [-0.15, -0.1) is 0 Å². The third-order valence-corrected chi connectivity index (χ3v) is 2.02. The molecule has 0 aliphatic carbocycles. The van der Waals surface area contributed by atoms with E-state index < -0.39 is 16.3 Å². The summed E-state index contributed by atoms with van der Waals surface area (Å²) in [6.45, 7) is 0. The summed E-state index contributed by atoms with van der Waals surface area (Å²) < 4.78 is 36.9. The molecular weight excluding hydrogens is 226 g/mol. The number of esters is 1. The van der Waals surface area contributed by atoms with Crippen LogP contribution in [-0.4, -0.2) is 35.8 Å². The molecule has 0 spiro atoms. The molecule has 1 aromatic rings. The first-order chi connectivity index (χ1) is 6.85. The quantitative estimate of drug-likeness (QED) is 0.535. The van der Waals surface area contributed by atoms with E-state index in [0.29, 0.717) is 0 Å². The Morgan fingerprint density at radius 2 is 2.27 bits per heavy atom. The van der Waals surface area contributed by atoms with E-state index in [4.69, 9.17) is 4.55 Å². The van der Waals surface area contributed by atoms with Crippen molar-refractivity contribution in [2.24, 2.45) is 7.05 Å². The van der Waals surface area contributed by atoms with E-state index in [1.54, 1.807) is 4.72 Å². The Hall–Kier alpha value is -1.61. The van der Waals surface area contributed by atoms with Gasteiger partial charge in [0.15, 0.2) is 5.82 Å². The van der Waals surface area contributed by atoms with Crippen molar-refractivity contribution in [3.63, 3.8) is 0 Å². The molecule has 1 rings (SSSR count). The van der Waals surface area contributed by atoms with Crippen LogP contribution in [0.25, 0.3) is 0 Å². The summed E-state index contributed by atoms with van der Waals surface area (Å²) in [5.41, 5.74) is -0.0855. The lowest BCUT2D eigenvalue weighted by Crippen LogP contribution is -2.16. The summed E-state index contributed by atoms with van der Waals surface area (Å²) in [6, 6.07) is 0. The highest BCUT2D eigenvalue weighted by Gasteiger charge is 2.19. The maximum atomic E-state index is 11.1. The SMILES string of the molecule is COC(=O)c1cnn(C)c1NS(=O)(=O)O. The first kappa shape index (κ1) is 11.5. The molecule has 0 aliphatic heterocycles. The molecule has 0 amide bonds. The van der Waals surface area contributed by atoms with E-state index in [0.717, 1.165) is 18.0 Å². The number of nitrogens with one attached hydrogen (secondary N) is 1. The number of carbonyl (C=O) groups is 1. The lowest BCUT2D eigenvalue weighted by atomic mass is 10.3. The summed E-state index contributed by atoms with van der Waals surface area (Å²) in [7, 11) is -1.90. The van der Waals surface area contributed by atoms with Gasteiger partial charge < -0.3 is 4.74 Å². The zero-order valence-corrected chi connectivity index (χ0v) is 8.78. The highest BCUT2D eigenvalue weighted by atomic mass is 32.2. The highest BCUT2D eigenvalue weighted by Crippen LogP contribution is 2.15. The molecule has 0 aliphatic rings. The second-order valence-electron chi connectivity index (χ2n) is 2.60. The third kappa shape index (κ3) is 2.67. The van der Waals surface area contributed by atoms with Crippen LogP contribution in [-0.2, 0) is 22.1 Å². The van der Waals surface area contributed by atoms with Gasteiger partial charge in [-0.05, 0) is 0 Å². The summed E-state index contributed by atoms with van der Waals surface area (Å²) in [5, 5.41) is 3.65. The molecular formula is C6H9N3O5S. The second kappa shape index (κ2) is 3.87. The molecule has 9 heteroatoms. The molecule has 84 valence electrons. The molecule has 0 saturated carbocycles. The zero-order valence-electron chi connectivity index (χ0n) is 7.96. The Kier molecular flexibility index (Phi) is 2.95. The number of aryl methyl sites for hydroxylation is 1. The molecule has 0 saturated heterocycles. The molecule has 2 N–H and O–H groups in total. The molecule has 0 bridgehead atoms. The first-order valence-corrected chi connectivity index (χ1v) is 5.14. The fraction of sp³-hybridized carbons (Fsp3) is 0.333. The van der Waals surface area contributed by atoms with Crippen LogP contribution < -0.4 is 4.72 Å². The van der Waals surface area contributed by atoms with Gasteiger partial charge in [-0.2, -0.15) is 13.5 Å². The molecule has 0 aromatic carbocycles. The Morgan fingerprint density at radius 1 is 1.67 bits per heavy atom. The van der Waals surface area contributed by atoms with Crippen molar-refractivity contribution in [1.82, 2.24) is 9.78 Å². The molecule has 0 atom stereocenters. The number of methoxy groups -OCH3 is 1. The minimum Gasteiger partial charge on any atom is -0.465 e. The topological polar surface area (TPSA) is 111 Å². The molecule has 8 nitrogen and oxygen atoms in total. The smallest absolute Gasteiger partial charge is 0.358 e. The standard InChI is InChI=1S/C6H9N3O5S/c1-9-5(8-15(11,12)13)4(3-7-9)6(10)14-2/h3,8H,1-2H3,(H,11,12,13). The average molecular weight is 235 g/mol. The number of carbonyl (C=O) groups excluding carboxylic acids is 1. The Labute approximate surface area is 85.7 Å². The molecule has 1 heterocycles. The van der Waals surface area contributed by atoms with Gasteiger partial charge in [0, 0.05) is 7.05 Å². The Morgan fingerprint density at radius 3 is 2.73 bits per heavy atom. The van der Waals surface area contributed by atoms with E-state index in [1.165, 1.54) is 7.05 Å². The summed E-state index contributed by atoms with van der Waals surface area (Å²) in [4.78, 5) is 11.1. The van der Waals surface area contributed by atoms with Crippen LogP contribution in [0.4, 0.5) is 5.82 Å². The van der Waals surface area contributed by atoms with Crippen LogP contribution in [0.1, 0.15) is 10.4 Å². The summed E-state index contributed by atoms with van der Waals surface area (Å²) in [5.74, 6) is -0.918. The van der Waals surface area contributed by atoms with E-state index in [2.05, 4.69) is 9.84 Å². The molecule has 0 unspecified atom stereocenters. The van der Waals surface area contributed by atoms with Crippen LogP contribution in [0.15, 0.2) is 6.20 Å². The number of hydrogen-bond acceptors (Lipinski definition) is 5. The molecule has 0 fully saturated rings. The first-order valence-electron chi connectivity index (χ1n) is 3.70. The van der Waals surface area contributed by atoms with E-state index in [-0.39, 0.29) is 11.4 Å². The van der Waals surface area contributed by atoms with Crippen molar-refractivity contribution in [3.8, 4) is 0 Å². The van der Waals surface area contributed by atoms with Crippen LogP contribution in [0.2, 0.25) is 0 Å². The maximum absolute atomic E-state index is 11.1. The number of aromatic nitrogens is 2. The number of nitrogens with zero attached hydrogens (tertiary/aromatic N) is 2. The van der Waals surface area contributed by atoms with Gasteiger partial charge in [-0.1, -0.05) is 0 Å². The number of hydrogen-bond donors (Lipinski definition) is 2. The third-order valence-electron chi connectivity index (χ3n) is 1.57. The van der Waals surface area contributed by atoms with Crippen LogP contribution >= 0.6 is 0 Å². The number of ether oxygens (including phenoxy) is 1. The van der Waals surface area contributed by atoms with Gasteiger partial charge >= 0.3 is 16.3 Å². The highest BCUT2D eigenvalue weighted by molar-refractivity contribution is 7.87. The molecule has 15 heavy (non-hydrogen) atoms. The van der Waals surface area contributed by atoms with E-state index in [9.17, 15) is 13.2 Å². The van der Waals surface area contributed by atoms with E-state index in [1.807, 2.05) is 0 Å². The maximum Gasteiger partial charge on any atom is 0.358 e. The van der Waals surface area contributed by atoms with Crippen LogP contribution in [0, 0.1) is 0 Å². The van der Waals surface area contributed by atoms with Crippen molar-refractivity contribution >= 4 is 22.1 Å². The average Bonchev–Trinajstić information content (AvgIpc) is 2.45. The van der Waals surface area contributed by atoms with Crippen LogP contribution in [0.5, 0.6) is 0 Å². The van der Waals surface area contributed by atoms with Gasteiger partial charge in [0.05, 0.1) is 13.3 Å². The van der Waals surface area contributed by atoms with Gasteiger partial charge in [-0.25, -0.2) is 9.52 Å². The van der Waals surface area contributed by atoms with Gasteiger partial charge in [0.25, 0.3) is 0 Å². The number of rotatable bonds is 3. The normalized spacial score (nSPS) is 11.1. The minimum atomic E-state index is -4.45. The second-order valence-corrected chi connectivity index (χ2v) is 3.75. The van der Waals surface area contributed by atoms with Crippen molar-refractivity contribution in [2.45, 2.75) is 0 Å². The van der Waals surface area contributed by atoms with Crippen molar-refractivity contribution < 1.29 is 22.5 Å². The largest absolute Gasteiger partial charge is 0.465 e. The van der Waals surface area contributed by atoms with Gasteiger partial charge in [0.2, 0.25) is 0 Å². The lowest BCUT2D eigenvalue weighted by molar-refractivity contribution is 0.0602. The van der Waals surface area contributed by atoms with Gasteiger partial charge in [-0.3, -0.25) is 9.23 Å². The van der Waals surface area contributed by atoms with Crippen molar-refractivity contribution in [2.75, 3.05) is 11.8 Å². The van der Waals surface area contributed by atoms with Gasteiger partial charge in [0.1, 0.15) is 5.56 Å². The Bertz CT molecular complexity index is 477. The summed E-state index contributed by atoms with van der Waals surface area (Å²) >= 11 is 0. The monoisotopic (exact) mass is 235 g/mol. The molecule has 0 radical (unpaired) electrons. The zero-order chi connectivity index (χ0) is 11.6. The van der Waals surface area contributed by atoms with Crippen molar-refractivity contribution in [3.05, 3.63) is 11.8 Å². The number of anilines is 1. The Balaban J connectivity index is 3.16. The lowest BCUT2D eigenvalue weighted by Gasteiger charge is -2.04. The fourth-order valence-electron chi connectivity index (χ4n) is 0.940.